The highest BCUT2D eigenvalue weighted by Gasteiger charge is 2.20. The van der Waals surface area contributed by atoms with Crippen molar-refractivity contribution in [1.82, 2.24) is 14.4 Å². The van der Waals surface area contributed by atoms with Gasteiger partial charge in [-0.15, -0.1) is 0 Å². The average molecular weight is 386 g/mol. The lowest BCUT2D eigenvalue weighted by atomic mass is 9.90. The monoisotopic (exact) mass is 386 g/mol. The molecule has 5 heteroatoms. The summed E-state index contributed by atoms with van der Waals surface area (Å²) in [6.45, 7) is 8.39. The lowest BCUT2D eigenvalue weighted by molar-refractivity contribution is 0.454. The Morgan fingerprint density at radius 3 is 2.24 bits per heavy atom. The Bertz CT molecular complexity index is 1120. The molecule has 4 aromatic rings. The molecule has 2 N–H and O–H groups in total. The van der Waals surface area contributed by atoms with E-state index in [1.54, 1.807) is 12.4 Å². The largest absolute Gasteiger partial charge is 0.507 e. The molecule has 0 bridgehead atoms. The summed E-state index contributed by atoms with van der Waals surface area (Å²) < 4.78 is 2.01. The number of phenolic OH excluding ortho intramolecular Hbond substituents is 1. The van der Waals surface area contributed by atoms with Crippen LogP contribution in [0.15, 0.2) is 61.1 Å². The predicted molar refractivity (Wildman–Crippen MR) is 118 cm³/mol. The third-order valence-electron chi connectivity index (χ3n) is 5.15. The molecule has 0 saturated heterocycles. The topological polar surface area (TPSA) is 62.5 Å². The minimum atomic E-state index is 0.205. The summed E-state index contributed by atoms with van der Waals surface area (Å²) in [4.78, 5) is 9.09. The predicted octanol–water partition coefficient (Wildman–Crippen LogP) is 6.09. The zero-order valence-electron chi connectivity index (χ0n) is 17.2. The van der Waals surface area contributed by atoms with Gasteiger partial charge in [0.25, 0.3) is 0 Å². The molecule has 2 aromatic heterocycles. The molecule has 0 spiro atoms. The Morgan fingerprint density at radius 1 is 0.966 bits per heavy atom. The number of aromatic nitrogens is 3. The van der Waals surface area contributed by atoms with Crippen LogP contribution in [0.4, 0.5) is 11.5 Å². The van der Waals surface area contributed by atoms with Gasteiger partial charge in [-0.3, -0.25) is 9.38 Å². The number of fused-ring (bicyclic) bond motifs is 1. The number of hydrogen-bond donors (Lipinski definition) is 2. The molecule has 0 radical (unpaired) electrons. The SMILES string of the molecule is CC(C)c1cc(-c2nc3cnccn3c2Nc2ccccc2)cc(C(C)C)c1O. The van der Waals surface area contributed by atoms with Gasteiger partial charge in [-0.25, -0.2) is 4.98 Å². The standard InChI is InChI=1S/C24H26N4O/c1-15(2)19-12-17(13-20(16(3)4)23(19)29)22-24(26-18-8-6-5-7-9-18)28-11-10-25-14-21(28)27-22/h5-16,26,29H,1-4H3. The molecule has 0 aliphatic carbocycles. The molecule has 4 rings (SSSR count). The first-order chi connectivity index (χ1) is 14.0. The number of phenols is 1. The molecule has 0 aliphatic heterocycles. The van der Waals surface area contributed by atoms with Crippen LogP contribution in [-0.4, -0.2) is 19.5 Å². The van der Waals surface area contributed by atoms with E-state index in [0.29, 0.717) is 5.75 Å². The summed E-state index contributed by atoms with van der Waals surface area (Å²) >= 11 is 0. The number of para-hydroxylation sites is 1. The fraction of sp³-hybridized carbons (Fsp3) is 0.250. The number of aromatic hydroxyl groups is 1. The third kappa shape index (κ3) is 3.56. The maximum absolute atomic E-state index is 10.8. The van der Waals surface area contributed by atoms with Crippen LogP contribution in [0.2, 0.25) is 0 Å². The van der Waals surface area contributed by atoms with E-state index in [-0.39, 0.29) is 11.8 Å². The van der Waals surface area contributed by atoms with Crippen LogP contribution in [0.25, 0.3) is 16.9 Å². The van der Waals surface area contributed by atoms with Gasteiger partial charge < -0.3 is 10.4 Å². The van der Waals surface area contributed by atoms with E-state index < -0.39 is 0 Å². The van der Waals surface area contributed by atoms with E-state index in [1.165, 1.54) is 0 Å². The quantitative estimate of drug-likeness (QED) is 0.435. The van der Waals surface area contributed by atoms with Crippen molar-refractivity contribution < 1.29 is 5.11 Å². The van der Waals surface area contributed by atoms with Gasteiger partial charge in [-0.1, -0.05) is 45.9 Å². The molecular formula is C24H26N4O. The Balaban J connectivity index is 1.95. The molecule has 2 aromatic carbocycles. The number of nitrogens with one attached hydrogen (secondary N) is 1. The highest BCUT2D eigenvalue weighted by molar-refractivity contribution is 5.81. The summed E-state index contributed by atoms with van der Waals surface area (Å²) in [6.07, 6.45) is 5.42. The van der Waals surface area contributed by atoms with E-state index in [1.807, 2.05) is 40.9 Å². The molecule has 2 heterocycles. The molecule has 148 valence electrons. The molecule has 0 atom stereocenters. The Kier molecular flexibility index (Phi) is 4.97. The highest BCUT2D eigenvalue weighted by Crippen LogP contribution is 2.40. The second kappa shape index (κ2) is 7.59. The molecule has 0 unspecified atom stereocenters. The average Bonchev–Trinajstić information content (AvgIpc) is 3.07. The fourth-order valence-electron chi connectivity index (χ4n) is 3.58. The maximum atomic E-state index is 10.8. The Hall–Kier alpha value is -3.34. The van der Waals surface area contributed by atoms with Crippen molar-refractivity contribution in [3.63, 3.8) is 0 Å². The van der Waals surface area contributed by atoms with Gasteiger partial charge in [0.2, 0.25) is 0 Å². The van der Waals surface area contributed by atoms with E-state index in [4.69, 9.17) is 4.98 Å². The second-order valence-electron chi connectivity index (χ2n) is 7.92. The minimum absolute atomic E-state index is 0.205. The number of hydrogen-bond acceptors (Lipinski definition) is 4. The van der Waals surface area contributed by atoms with Gasteiger partial charge in [0.05, 0.1) is 6.20 Å². The van der Waals surface area contributed by atoms with Gasteiger partial charge in [0.1, 0.15) is 17.3 Å². The van der Waals surface area contributed by atoms with Gasteiger partial charge in [-0.2, -0.15) is 0 Å². The summed E-state index contributed by atoms with van der Waals surface area (Å²) in [5, 5.41) is 14.3. The van der Waals surface area contributed by atoms with E-state index in [2.05, 4.69) is 50.1 Å². The van der Waals surface area contributed by atoms with E-state index in [0.717, 1.165) is 39.5 Å². The van der Waals surface area contributed by atoms with Crippen molar-refractivity contribution in [2.75, 3.05) is 5.32 Å². The maximum Gasteiger partial charge on any atom is 0.157 e. The lowest BCUT2D eigenvalue weighted by Gasteiger charge is -2.17. The number of rotatable bonds is 5. The summed E-state index contributed by atoms with van der Waals surface area (Å²) in [7, 11) is 0. The Morgan fingerprint density at radius 2 is 1.62 bits per heavy atom. The van der Waals surface area contributed by atoms with Crippen LogP contribution < -0.4 is 5.32 Å². The summed E-state index contributed by atoms with van der Waals surface area (Å²) in [5.74, 6) is 1.68. The number of nitrogens with zero attached hydrogens (tertiary/aromatic N) is 3. The smallest absolute Gasteiger partial charge is 0.157 e. The molecular weight excluding hydrogens is 360 g/mol. The Labute approximate surface area is 171 Å². The molecule has 0 saturated carbocycles. The summed E-state index contributed by atoms with van der Waals surface area (Å²) in [5.41, 5.74) is 5.45. The van der Waals surface area contributed by atoms with Crippen molar-refractivity contribution in [1.29, 1.82) is 0 Å². The van der Waals surface area contributed by atoms with Gasteiger partial charge >= 0.3 is 0 Å². The second-order valence-corrected chi connectivity index (χ2v) is 7.92. The highest BCUT2D eigenvalue weighted by atomic mass is 16.3. The molecule has 0 aliphatic rings. The van der Waals surface area contributed by atoms with Crippen LogP contribution in [0, 0.1) is 0 Å². The van der Waals surface area contributed by atoms with E-state index >= 15 is 0 Å². The number of benzene rings is 2. The van der Waals surface area contributed by atoms with Gasteiger partial charge in [0.15, 0.2) is 5.65 Å². The van der Waals surface area contributed by atoms with E-state index in [9.17, 15) is 5.11 Å². The number of anilines is 2. The summed E-state index contributed by atoms with van der Waals surface area (Å²) in [6, 6.07) is 14.2. The van der Waals surface area contributed by atoms with Crippen molar-refractivity contribution in [2.24, 2.45) is 0 Å². The van der Waals surface area contributed by atoms with Crippen LogP contribution in [0.5, 0.6) is 5.75 Å². The normalized spacial score (nSPS) is 11.5. The number of imidazole rings is 1. The zero-order valence-corrected chi connectivity index (χ0v) is 17.2. The van der Waals surface area contributed by atoms with Crippen molar-refractivity contribution in [3.8, 4) is 17.0 Å². The first-order valence-electron chi connectivity index (χ1n) is 9.97. The van der Waals surface area contributed by atoms with Crippen molar-refractivity contribution >= 4 is 17.2 Å². The van der Waals surface area contributed by atoms with Crippen LogP contribution in [0.1, 0.15) is 50.7 Å². The van der Waals surface area contributed by atoms with Crippen molar-refractivity contribution in [2.45, 2.75) is 39.5 Å². The molecule has 0 fully saturated rings. The van der Waals surface area contributed by atoms with Crippen molar-refractivity contribution in [3.05, 3.63) is 72.2 Å². The lowest BCUT2D eigenvalue weighted by Crippen LogP contribution is -1.99. The molecule has 0 amide bonds. The molecule has 29 heavy (non-hydrogen) atoms. The first kappa shape index (κ1) is 19.0. The van der Waals surface area contributed by atoms with Crippen LogP contribution in [-0.2, 0) is 0 Å². The fourth-order valence-corrected chi connectivity index (χ4v) is 3.58. The zero-order chi connectivity index (χ0) is 20.5. The molecule has 5 nitrogen and oxygen atoms in total. The van der Waals surface area contributed by atoms with Gasteiger partial charge in [0, 0.05) is 23.6 Å². The third-order valence-corrected chi connectivity index (χ3v) is 5.15. The van der Waals surface area contributed by atoms with Crippen LogP contribution in [0.3, 0.4) is 0 Å². The minimum Gasteiger partial charge on any atom is -0.507 e. The van der Waals surface area contributed by atoms with Gasteiger partial charge in [-0.05, 0) is 47.2 Å². The van der Waals surface area contributed by atoms with Crippen LogP contribution >= 0.6 is 0 Å². The first-order valence-corrected chi connectivity index (χ1v) is 9.97.